The molecule has 0 saturated carbocycles. The summed E-state index contributed by atoms with van der Waals surface area (Å²) in [5.41, 5.74) is 1.26. The van der Waals surface area contributed by atoms with Crippen molar-refractivity contribution in [1.29, 1.82) is 0 Å². The van der Waals surface area contributed by atoms with Crippen LogP contribution in [0.4, 0.5) is 0 Å². The van der Waals surface area contributed by atoms with E-state index in [9.17, 15) is 4.79 Å². The van der Waals surface area contributed by atoms with Crippen molar-refractivity contribution >= 4 is 5.91 Å². The number of oxazole rings is 1. The van der Waals surface area contributed by atoms with Crippen molar-refractivity contribution in [1.82, 2.24) is 34.4 Å². The molecule has 24 heavy (non-hydrogen) atoms. The second kappa shape index (κ2) is 5.29. The molecule has 4 heterocycles. The molecule has 3 aromatic rings. The molecule has 0 radical (unpaired) electrons. The molecule has 1 aliphatic heterocycles. The zero-order valence-electron chi connectivity index (χ0n) is 13.7. The minimum atomic E-state index is -0.148. The highest BCUT2D eigenvalue weighted by Crippen LogP contribution is 2.28. The average molecular weight is 327 g/mol. The molecule has 124 valence electrons. The molecule has 0 unspecified atom stereocenters. The van der Waals surface area contributed by atoms with Crippen LogP contribution in [0.3, 0.4) is 0 Å². The van der Waals surface area contributed by atoms with E-state index in [4.69, 9.17) is 4.42 Å². The quantitative estimate of drug-likeness (QED) is 0.702. The fourth-order valence-corrected chi connectivity index (χ4v) is 3.08. The lowest BCUT2D eigenvalue weighted by molar-refractivity contribution is 0.0675. The van der Waals surface area contributed by atoms with Gasteiger partial charge in [-0.3, -0.25) is 9.48 Å². The summed E-state index contributed by atoms with van der Waals surface area (Å²) < 4.78 is 8.93. The molecule has 9 nitrogen and oxygen atoms in total. The van der Waals surface area contributed by atoms with Crippen LogP contribution in [0.25, 0.3) is 11.4 Å². The van der Waals surface area contributed by atoms with Crippen molar-refractivity contribution in [3.8, 4) is 11.4 Å². The predicted molar refractivity (Wildman–Crippen MR) is 82.9 cm³/mol. The first kappa shape index (κ1) is 14.6. The summed E-state index contributed by atoms with van der Waals surface area (Å²) in [6.45, 7) is 4.73. The van der Waals surface area contributed by atoms with Gasteiger partial charge in [-0.15, -0.1) is 10.2 Å². The van der Waals surface area contributed by atoms with Gasteiger partial charge in [0.05, 0.1) is 24.3 Å². The van der Waals surface area contributed by atoms with Crippen LogP contribution in [0.15, 0.2) is 23.2 Å². The fourth-order valence-electron chi connectivity index (χ4n) is 3.08. The summed E-state index contributed by atoms with van der Waals surface area (Å²) in [4.78, 5) is 18.4. The van der Waals surface area contributed by atoms with Gasteiger partial charge < -0.3 is 13.9 Å². The highest BCUT2D eigenvalue weighted by molar-refractivity contribution is 5.93. The van der Waals surface area contributed by atoms with Gasteiger partial charge in [0.1, 0.15) is 5.76 Å². The van der Waals surface area contributed by atoms with Gasteiger partial charge in [0, 0.05) is 19.8 Å². The van der Waals surface area contributed by atoms with E-state index in [1.807, 2.05) is 20.2 Å². The Labute approximate surface area is 137 Å². The van der Waals surface area contributed by atoms with E-state index in [1.165, 1.54) is 6.39 Å². The van der Waals surface area contributed by atoms with Gasteiger partial charge in [-0.1, -0.05) is 0 Å². The van der Waals surface area contributed by atoms with Crippen molar-refractivity contribution in [3.63, 3.8) is 0 Å². The average Bonchev–Trinajstić information content (AvgIpc) is 3.25. The number of rotatable bonds is 2. The minimum Gasteiger partial charge on any atom is -0.448 e. The molecule has 4 rings (SSSR count). The highest BCUT2D eigenvalue weighted by Gasteiger charge is 2.31. The lowest BCUT2D eigenvalue weighted by Crippen LogP contribution is -2.40. The lowest BCUT2D eigenvalue weighted by atomic mass is 10.2. The molecule has 1 atom stereocenters. The van der Waals surface area contributed by atoms with E-state index in [0.717, 1.165) is 17.2 Å². The van der Waals surface area contributed by atoms with Gasteiger partial charge in [-0.25, -0.2) is 4.98 Å². The van der Waals surface area contributed by atoms with Crippen LogP contribution in [0.1, 0.15) is 35.0 Å². The van der Waals surface area contributed by atoms with Crippen molar-refractivity contribution in [2.45, 2.75) is 26.4 Å². The molecule has 0 aromatic carbocycles. The topological polar surface area (TPSA) is 94.9 Å². The number of aromatic nitrogens is 6. The maximum Gasteiger partial charge on any atom is 0.276 e. The normalized spacial score (nSPS) is 17.1. The first-order chi connectivity index (χ1) is 11.5. The summed E-state index contributed by atoms with van der Waals surface area (Å²) in [7, 11) is 1.86. The Bertz CT molecular complexity index is 907. The number of amides is 1. The standard InChI is InChI=1S/C15H17N7O2/c1-9-5-21(15(23)13-10(2)24-8-16-13)7-12-18-19-14(22(9)12)11-4-17-20(3)6-11/h4,6,8-9H,5,7H2,1-3H3/t9-/m0/s1. The number of carbonyl (C=O) groups is 1. The number of aryl methyl sites for hydroxylation is 2. The fraction of sp³-hybridized carbons (Fsp3) is 0.400. The summed E-state index contributed by atoms with van der Waals surface area (Å²) in [5, 5.41) is 12.7. The number of hydrogen-bond acceptors (Lipinski definition) is 6. The van der Waals surface area contributed by atoms with E-state index in [-0.39, 0.29) is 11.9 Å². The minimum absolute atomic E-state index is 0.0510. The maximum atomic E-state index is 12.6. The molecule has 0 N–H and O–H groups in total. The van der Waals surface area contributed by atoms with Gasteiger partial charge in [0.25, 0.3) is 5.91 Å². The molecule has 0 saturated heterocycles. The van der Waals surface area contributed by atoms with E-state index in [2.05, 4.69) is 24.8 Å². The zero-order valence-corrected chi connectivity index (χ0v) is 13.7. The Hall–Kier alpha value is -2.97. The molecule has 0 fully saturated rings. The van der Waals surface area contributed by atoms with Crippen molar-refractivity contribution in [2.75, 3.05) is 6.54 Å². The number of hydrogen-bond donors (Lipinski definition) is 0. The second-order valence-electron chi connectivity index (χ2n) is 6.00. The molecule has 0 spiro atoms. The van der Waals surface area contributed by atoms with Gasteiger partial charge in [0.2, 0.25) is 0 Å². The van der Waals surface area contributed by atoms with Crippen molar-refractivity contribution in [3.05, 3.63) is 36.1 Å². The summed E-state index contributed by atoms with van der Waals surface area (Å²) >= 11 is 0. The molecule has 1 aliphatic rings. The Morgan fingerprint density at radius 2 is 2.21 bits per heavy atom. The van der Waals surface area contributed by atoms with Crippen LogP contribution in [-0.2, 0) is 13.6 Å². The van der Waals surface area contributed by atoms with E-state index >= 15 is 0 Å². The van der Waals surface area contributed by atoms with Crippen LogP contribution < -0.4 is 0 Å². The molecule has 0 aliphatic carbocycles. The molecular formula is C15H17N7O2. The molecule has 9 heteroatoms. The van der Waals surface area contributed by atoms with E-state index in [1.54, 1.807) is 22.7 Å². The van der Waals surface area contributed by atoms with Crippen LogP contribution in [0.5, 0.6) is 0 Å². The van der Waals surface area contributed by atoms with Gasteiger partial charge in [0.15, 0.2) is 23.7 Å². The van der Waals surface area contributed by atoms with Crippen molar-refractivity contribution in [2.24, 2.45) is 7.05 Å². The Morgan fingerprint density at radius 3 is 2.88 bits per heavy atom. The monoisotopic (exact) mass is 327 g/mol. The predicted octanol–water partition coefficient (Wildman–Crippen LogP) is 1.19. The van der Waals surface area contributed by atoms with Crippen LogP contribution in [0, 0.1) is 6.92 Å². The van der Waals surface area contributed by atoms with E-state index in [0.29, 0.717) is 24.5 Å². The largest absolute Gasteiger partial charge is 0.448 e. The van der Waals surface area contributed by atoms with E-state index < -0.39 is 0 Å². The Balaban J connectivity index is 1.66. The third kappa shape index (κ3) is 2.20. The van der Waals surface area contributed by atoms with Gasteiger partial charge >= 0.3 is 0 Å². The third-order valence-electron chi connectivity index (χ3n) is 4.22. The second-order valence-corrected chi connectivity index (χ2v) is 6.00. The summed E-state index contributed by atoms with van der Waals surface area (Å²) in [6.07, 6.45) is 4.96. The molecule has 0 bridgehead atoms. The maximum absolute atomic E-state index is 12.6. The lowest BCUT2D eigenvalue weighted by Gasteiger charge is -2.32. The number of fused-ring (bicyclic) bond motifs is 1. The summed E-state index contributed by atoms with van der Waals surface area (Å²) in [5.74, 6) is 1.90. The Morgan fingerprint density at radius 1 is 1.38 bits per heavy atom. The molecule has 3 aromatic heterocycles. The number of carbonyl (C=O) groups excluding carboxylic acids is 1. The molecular weight excluding hydrogens is 310 g/mol. The summed E-state index contributed by atoms with van der Waals surface area (Å²) in [6, 6.07) is 0.0510. The SMILES string of the molecule is Cc1ocnc1C(=O)N1Cc2nnc(-c3cnn(C)c3)n2[C@@H](C)C1. The smallest absolute Gasteiger partial charge is 0.276 e. The Kier molecular flexibility index (Phi) is 3.22. The van der Waals surface area contributed by atoms with Crippen LogP contribution in [0.2, 0.25) is 0 Å². The van der Waals surface area contributed by atoms with Crippen LogP contribution >= 0.6 is 0 Å². The highest BCUT2D eigenvalue weighted by atomic mass is 16.3. The first-order valence-corrected chi connectivity index (χ1v) is 7.66. The van der Waals surface area contributed by atoms with Gasteiger partial charge in [-0.05, 0) is 13.8 Å². The van der Waals surface area contributed by atoms with Gasteiger partial charge in [-0.2, -0.15) is 5.10 Å². The number of nitrogens with zero attached hydrogens (tertiary/aromatic N) is 7. The zero-order chi connectivity index (χ0) is 16.8. The third-order valence-corrected chi connectivity index (χ3v) is 4.22. The molecule has 1 amide bonds. The first-order valence-electron chi connectivity index (χ1n) is 7.66. The van der Waals surface area contributed by atoms with Crippen molar-refractivity contribution < 1.29 is 9.21 Å². The van der Waals surface area contributed by atoms with Crippen LogP contribution in [-0.4, -0.2) is 46.9 Å².